The molecule has 1 aromatic carbocycles. The third kappa shape index (κ3) is 3.42. The van der Waals surface area contributed by atoms with E-state index in [9.17, 15) is 14.0 Å². The molecule has 2 amide bonds. The van der Waals surface area contributed by atoms with Crippen molar-refractivity contribution in [2.75, 3.05) is 20.3 Å². The van der Waals surface area contributed by atoms with Crippen LogP contribution in [0.1, 0.15) is 23.0 Å². The van der Waals surface area contributed by atoms with Crippen LogP contribution in [0.3, 0.4) is 0 Å². The van der Waals surface area contributed by atoms with Crippen molar-refractivity contribution >= 4 is 33.4 Å². The van der Waals surface area contributed by atoms with Crippen LogP contribution in [0.25, 0.3) is 10.2 Å². The van der Waals surface area contributed by atoms with E-state index in [4.69, 9.17) is 4.74 Å². The van der Waals surface area contributed by atoms with Crippen molar-refractivity contribution in [3.63, 3.8) is 0 Å². The molecule has 0 saturated heterocycles. The average Bonchev–Trinajstić information content (AvgIpc) is 3.28. The summed E-state index contributed by atoms with van der Waals surface area (Å²) in [6, 6.07) is 9.93. The molecule has 0 aliphatic carbocycles. The van der Waals surface area contributed by atoms with Crippen LogP contribution in [-0.2, 0) is 22.6 Å². The molecule has 0 radical (unpaired) electrons. The van der Waals surface area contributed by atoms with E-state index in [1.165, 1.54) is 12.1 Å². The summed E-state index contributed by atoms with van der Waals surface area (Å²) >= 11 is 1.54. The van der Waals surface area contributed by atoms with Gasteiger partial charge in [0.15, 0.2) is 0 Å². The first kappa shape index (κ1) is 19.6. The maximum absolute atomic E-state index is 13.7. The quantitative estimate of drug-likeness (QED) is 0.630. The van der Waals surface area contributed by atoms with Crippen LogP contribution in [0.5, 0.6) is 0 Å². The van der Waals surface area contributed by atoms with E-state index >= 15 is 0 Å². The number of fused-ring (bicyclic) bond motifs is 3. The number of amides is 2. The maximum atomic E-state index is 13.7. The number of thiophene rings is 1. The molecule has 1 aliphatic rings. The van der Waals surface area contributed by atoms with E-state index in [0.29, 0.717) is 31.0 Å². The predicted octanol–water partition coefficient (Wildman–Crippen LogP) is 3.02. The molecule has 152 valence electrons. The molecule has 6 nitrogen and oxygen atoms in total. The first-order valence-electron chi connectivity index (χ1n) is 9.34. The van der Waals surface area contributed by atoms with Gasteiger partial charge in [-0.25, -0.2) is 4.39 Å². The molecule has 1 N–H and O–H groups in total. The number of ether oxygens (including phenoxy) is 1. The molecule has 1 atom stereocenters. The SMILES string of the molecule is COCCNC(=O)C1(C)Cn2c(cc3ccsc32)C(=O)N1Cc1cccc(F)c1. The fourth-order valence-corrected chi connectivity index (χ4v) is 4.68. The molecule has 0 bridgehead atoms. The standard InChI is InChI=1S/C21H22FN3O3S/c1-21(20(27)23-7-8-28-2)13-24-17(11-15-6-9-29-19(15)24)18(26)25(21)12-14-4-3-5-16(22)10-14/h3-6,9-11H,7-8,12-13H2,1-2H3,(H,23,27). The zero-order chi connectivity index (χ0) is 20.6. The topological polar surface area (TPSA) is 63.6 Å². The average molecular weight is 415 g/mol. The van der Waals surface area contributed by atoms with Crippen LogP contribution in [0.4, 0.5) is 4.39 Å². The van der Waals surface area contributed by atoms with Gasteiger partial charge < -0.3 is 19.5 Å². The Bertz CT molecular complexity index is 1080. The highest BCUT2D eigenvalue weighted by molar-refractivity contribution is 7.16. The lowest BCUT2D eigenvalue weighted by molar-refractivity contribution is -0.133. The number of rotatable bonds is 6. The fraction of sp³-hybridized carbons (Fsp3) is 0.333. The normalized spacial score (nSPS) is 18.9. The lowest BCUT2D eigenvalue weighted by atomic mass is 9.94. The molecule has 1 aliphatic heterocycles. The molecule has 0 fully saturated rings. The summed E-state index contributed by atoms with van der Waals surface area (Å²) in [5.74, 6) is -0.876. The summed E-state index contributed by atoms with van der Waals surface area (Å²) in [4.78, 5) is 29.1. The fourth-order valence-electron chi connectivity index (χ4n) is 3.78. The Labute approximate surface area is 171 Å². The van der Waals surface area contributed by atoms with E-state index in [-0.39, 0.29) is 24.2 Å². The highest BCUT2D eigenvalue weighted by atomic mass is 32.1. The monoisotopic (exact) mass is 415 g/mol. The van der Waals surface area contributed by atoms with Crippen molar-refractivity contribution in [1.29, 1.82) is 0 Å². The number of carbonyl (C=O) groups excluding carboxylic acids is 2. The minimum atomic E-state index is -1.12. The Morgan fingerprint density at radius 1 is 1.34 bits per heavy atom. The largest absolute Gasteiger partial charge is 0.383 e. The Morgan fingerprint density at radius 2 is 2.17 bits per heavy atom. The summed E-state index contributed by atoms with van der Waals surface area (Å²) in [6.07, 6.45) is 0. The second-order valence-corrected chi connectivity index (χ2v) is 8.24. The van der Waals surface area contributed by atoms with Crippen molar-refractivity contribution in [1.82, 2.24) is 14.8 Å². The molecule has 3 heterocycles. The van der Waals surface area contributed by atoms with E-state index in [1.54, 1.807) is 42.4 Å². The van der Waals surface area contributed by atoms with Crippen molar-refractivity contribution < 1.29 is 18.7 Å². The van der Waals surface area contributed by atoms with E-state index in [1.807, 2.05) is 22.1 Å². The van der Waals surface area contributed by atoms with Gasteiger partial charge in [0.05, 0.1) is 13.2 Å². The number of carbonyl (C=O) groups is 2. The third-order valence-corrected chi connectivity index (χ3v) is 6.29. The van der Waals surface area contributed by atoms with Crippen molar-refractivity contribution in [2.24, 2.45) is 0 Å². The Kier molecular flexibility index (Phi) is 5.14. The molecular formula is C21H22FN3O3S. The van der Waals surface area contributed by atoms with E-state index < -0.39 is 5.54 Å². The molecule has 3 aromatic rings. The number of nitrogens with one attached hydrogen (secondary N) is 1. The number of aromatic nitrogens is 1. The number of halogens is 1. The lowest BCUT2D eigenvalue weighted by Gasteiger charge is -2.44. The van der Waals surface area contributed by atoms with Gasteiger partial charge in [0.25, 0.3) is 5.91 Å². The summed E-state index contributed by atoms with van der Waals surface area (Å²) in [5, 5.41) is 5.81. The van der Waals surface area contributed by atoms with Crippen molar-refractivity contribution in [3.05, 3.63) is 58.9 Å². The van der Waals surface area contributed by atoms with Gasteiger partial charge in [-0.15, -0.1) is 11.3 Å². The molecule has 8 heteroatoms. The summed E-state index contributed by atoms with van der Waals surface area (Å²) in [6.45, 7) is 2.95. The third-order valence-electron chi connectivity index (χ3n) is 5.34. The second kappa shape index (κ2) is 7.61. The minimum Gasteiger partial charge on any atom is -0.383 e. The number of methoxy groups -OCH3 is 1. The smallest absolute Gasteiger partial charge is 0.271 e. The summed E-state index contributed by atoms with van der Waals surface area (Å²) < 4.78 is 20.6. The van der Waals surface area contributed by atoms with Gasteiger partial charge in [0.1, 0.15) is 21.9 Å². The van der Waals surface area contributed by atoms with Gasteiger partial charge in [-0.3, -0.25) is 9.59 Å². The van der Waals surface area contributed by atoms with Gasteiger partial charge in [-0.2, -0.15) is 0 Å². The van der Waals surface area contributed by atoms with Gasteiger partial charge in [-0.1, -0.05) is 12.1 Å². The van der Waals surface area contributed by atoms with E-state index in [0.717, 1.165) is 10.2 Å². The summed E-state index contributed by atoms with van der Waals surface area (Å²) in [7, 11) is 1.56. The van der Waals surface area contributed by atoms with E-state index in [2.05, 4.69) is 5.32 Å². The van der Waals surface area contributed by atoms with Gasteiger partial charge in [0, 0.05) is 25.6 Å². The highest BCUT2D eigenvalue weighted by Gasteiger charge is 2.47. The Balaban J connectivity index is 1.75. The molecule has 4 rings (SSSR count). The summed E-state index contributed by atoms with van der Waals surface area (Å²) in [5.41, 5.74) is 0.0570. The van der Waals surface area contributed by atoms with Crippen LogP contribution in [0, 0.1) is 5.82 Å². The molecule has 29 heavy (non-hydrogen) atoms. The van der Waals surface area contributed by atoms with Crippen LogP contribution < -0.4 is 5.32 Å². The number of nitrogens with zero attached hydrogens (tertiary/aromatic N) is 2. The zero-order valence-electron chi connectivity index (χ0n) is 16.3. The highest BCUT2D eigenvalue weighted by Crippen LogP contribution is 2.35. The first-order valence-corrected chi connectivity index (χ1v) is 10.2. The minimum absolute atomic E-state index is 0.142. The van der Waals surface area contributed by atoms with Gasteiger partial charge >= 0.3 is 0 Å². The lowest BCUT2D eigenvalue weighted by Crippen LogP contribution is -2.63. The molecule has 1 unspecified atom stereocenters. The Morgan fingerprint density at radius 3 is 2.93 bits per heavy atom. The van der Waals surface area contributed by atoms with Crippen LogP contribution >= 0.6 is 11.3 Å². The molecule has 2 aromatic heterocycles. The second-order valence-electron chi connectivity index (χ2n) is 7.34. The van der Waals surface area contributed by atoms with Gasteiger partial charge in [-0.05, 0) is 42.1 Å². The maximum Gasteiger partial charge on any atom is 0.271 e. The van der Waals surface area contributed by atoms with Gasteiger partial charge in [0.2, 0.25) is 5.91 Å². The van der Waals surface area contributed by atoms with Crippen LogP contribution in [0.2, 0.25) is 0 Å². The first-order chi connectivity index (χ1) is 13.9. The Hall–Kier alpha value is -2.71. The molecule has 0 spiro atoms. The van der Waals surface area contributed by atoms with Crippen molar-refractivity contribution in [3.8, 4) is 0 Å². The zero-order valence-corrected chi connectivity index (χ0v) is 17.1. The number of hydrogen-bond acceptors (Lipinski definition) is 4. The predicted molar refractivity (Wildman–Crippen MR) is 109 cm³/mol. The van der Waals surface area contributed by atoms with Crippen LogP contribution in [-0.4, -0.2) is 47.1 Å². The molecular weight excluding hydrogens is 393 g/mol. The number of hydrogen-bond donors (Lipinski definition) is 1. The van der Waals surface area contributed by atoms with Crippen LogP contribution in [0.15, 0.2) is 41.8 Å². The number of benzene rings is 1. The van der Waals surface area contributed by atoms with Crippen molar-refractivity contribution in [2.45, 2.75) is 25.6 Å². The molecule has 0 saturated carbocycles.